The minimum absolute atomic E-state index is 0.00797. The Kier molecular flexibility index (Phi) is 5.86. The predicted molar refractivity (Wildman–Crippen MR) is 87.0 cm³/mol. The number of amides is 1. The van der Waals surface area contributed by atoms with Crippen LogP contribution < -0.4 is 5.32 Å². The molecule has 1 unspecified atom stereocenters. The average Bonchev–Trinajstić information content (AvgIpc) is 2.95. The quantitative estimate of drug-likeness (QED) is 0.763. The maximum absolute atomic E-state index is 11.9. The summed E-state index contributed by atoms with van der Waals surface area (Å²) in [6, 6.07) is 8.07. The van der Waals surface area contributed by atoms with Crippen molar-refractivity contribution in [3.8, 4) is 0 Å². The molecule has 2 rings (SSSR count). The minimum Gasteiger partial charge on any atom is -0.476 e. The number of rotatable bonds is 7. The zero-order valence-corrected chi connectivity index (χ0v) is 14.2. The molecule has 23 heavy (non-hydrogen) atoms. The molecule has 1 aromatic heterocycles. The van der Waals surface area contributed by atoms with Gasteiger partial charge in [0, 0.05) is 10.5 Å². The van der Waals surface area contributed by atoms with Crippen LogP contribution >= 0.6 is 15.9 Å². The molecule has 0 aliphatic heterocycles. The van der Waals surface area contributed by atoms with Crippen LogP contribution in [0.3, 0.4) is 0 Å². The number of aromatic carboxylic acids is 1. The Balaban J connectivity index is 1.77. The Bertz CT molecular complexity index is 684. The van der Waals surface area contributed by atoms with Crippen LogP contribution in [-0.4, -0.2) is 38.0 Å². The standard InChI is InChI=1S/C15H17BrN4O3/c1-10(2-3-11-4-6-12(16)7-5-11)17-14(21)9-20-8-13(15(22)23)18-19-20/h4-8,10H,2-3,9H2,1H3,(H,17,21)(H,22,23). The zero-order chi connectivity index (χ0) is 16.8. The number of carbonyl (C=O) groups excluding carboxylic acids is 1. The molecule has 0 saturated carbocycles. The van der Waals surface area contributed by atoms with Gasteiger partial charge >= 0.3 is 5.97 Å². The van der Waals surface area contributed by atoms with E-state index >= 15 is 0 Å². The zero-order valence-electron chi connectivity index (χ0n) is 12.6. The van der Waals surface area contributed by atoms with Gasteiger partial charge in [-0.05, 0) is 37.5 Å². The fourth-order valence-electron chi connectivity index (χ4n) is 2.05. The molecule has 1 heterocycles. The lowest BCUT2D eigenvalue weighted by molar-refractivity contribution is -0.122. The van der Waals surface area contributed by atoms with E-state index < -0.39 is 5.97 Å². The molecule has 8 heteroatoms. The van der Waals surface area contributed by atoms with Gasteiger partial charge in [-0.15, -0.1) is 5.10 Å². The van der Waals surface area contributed by atoms with Gasteiger partial charge in [-0.25, -0.2) is 9.48 Å². The Morgan fingerprint density at radius 1 is 1.35 bits per heavy atom. The normalized spacial score (nSPS) is 11.9. The van der Waals surface area contributed by atoms with Crippen LogP contribution in [0, 0.1) is 0 Å². The topological polar surface area (TPSA) is 97.1 Å². The fourth-order valence-corrected chi connectivity index (χ4v) is 2.31. The van der Waals surface area contributed by atoms with Crippen molar-refractivity contribution in [3.05, 3.63) is 46.2 Å². The minimum atomic E-state index is -1.17. The number of halogens is 1. The van der Waals surface area contributed by atoms with Gasteiger partial charge in [0.2, 0.25) is 5.91 Å². The monoisotopic (exact) mass is 380 g/mol. The van der Waals surface area contributed by atoms with Gasteiger partial charge in [-0.2, -0.15) is 0 Å². The third kappa shape index (κ3) is 5.48. The van der Waals surface area contributed by atoms with Crippen molar-refractivity contribution in [3.63, 3.8) is 0 Å². The highest BCUT2D eigenvalue weighted by Gasteiger charge is 2.12. The number of nitrogens with zero attached hydrogens (tertiary/aromatic N) is 3. The third-order valence-electron chi connectivity index (χ3n) is 3.25. The highest BCUT2D eigenvalue weighted by Crippen LogP contribution is 2.12. The molecule has 0 bridgehead atoms. The first-order valence-corrected chi connectivity index (χ1v) is 7.90. The summed E-state index contributed by atoms with van der Waals surface area (Å²) < 4.78 is 2.25. The molecule has 0 aliphatic carbocycles. The lowest BCUT2D eigenvalue weighted by atomic mass is 10.1. The first-order valence-electron chi connectivity index (χ1n) is 7.11. The van der Waals surface area contributed by atoms with E-state index in [0.29, 0.717) is 0 Å². The van der Waals surface area contributed by atoms with Crippen molar-refractivity contribution in [2.45, 2.75) is 32.4 Å². The number of nitrogens with one attached hydrogen (secondary N) is 1. The average molecular weight is 381 g/mol. The van der Waals surface area contributed by atoms with E-state index in [0.717, 1.165) is 17.3 Å². The Labute approximate surface area is 141 Å². The number of carbonyl (C=O) groups is 2. The van der Waals surface area contributed by atoms with E-state index in [9.17, 15) is 9.59 Å². The molecule has 2 N–H and O–H groups in total. The largest absolute Gasteiger partial charge is 0.476 e. The van der Waals surface area contributed by atoms with E-state index in [1.165, 1.54) is 16.4 Å². The van der Waals surface area contributed by atoms with Crippen LogP contribution in [0.25, 0.3) is 0 Å². The van der Waals surface area contributed by atoms with Crippen molar-refractivity contribution >= 4 is 27.8 Å². The van der Waals surface area contributed by atoms with E-state index in [1.54, 1.807) is 0 Å². The fraction of sp³-hybridized carbons (Fsp3) is 0.333. The molecular formula is C15H17BrN4O3. The first kappa shape index (κ1) is 17.1. The van der Waals surface area contributed by atoms with Gasteiger partial charge in [0.25, 0.3) is 0 Å². The molecule has 1 atom stereocenters. The van der Waals surface area contributed by atoms with E-state index in [2.05, 4.69) is 31.6 Å². The van der Waals surface area contributed by atoms with E-state index in [1.807, 2.05) is 31.2 Å². The Hall–Kier alpha value is -2.22. The summed E-state index contributed by atoms with van der Waals surface area (Å²) in [4.78, 5) is 22.6. The first-order chi connectivity index (χ1) is 10.9. The van der Waals surface area contributed by atoms with Crippen molar-refractivity contribution in [1.29, 1.82) is 0 Å². The van der Waals surface area contributed by atoms with Gasteiger partial charge in [-0.1, -0.05) is 33.3 Å². The van der Waals surface area contributed by atoms with Crippen LogP contribution in [0.1, 0.15) is 29.4 Å². The lowest BCUT2D eigenvalue weighted by Crippen LogP contribution is -2.35. The van der Waals surface area contributed by atoms with Crippen molar-refractivity contribution in [1.82, 2.24) is 20.3 Å². The molecule has 1 amide bonds. The number of aromatic nitrogens is 3. The second-order valence-corrected chi connectivity index (χ2v) is 6.16. The van der Waals surface area contributed by atoms with Crippen molar-refractivity contribution < 1.29 is 14.7 Å². The van der Waals surface area contributed by atoms with Gasteiger partial charge < -0.3 is 10.4 Å². The number of carboxylic acids is 1. The highest BCUT2D eigenvalue weighted by molar-refractivity contribution is 9.10. The van der Waals surface area contributed by atoms with Gasteiger partial charge in [0.05, 0.1) is 6.20 Å². The molecule has 122 valence electrons. The van der Waals surface area contributed by atoms with Crippen molar-refractivity contribution in [2.24, 2.45) is 0 Å². The van der Waals surface area contributed by atoms with Gasteiger partial charge in [0.15, 0.2) is 5.69 Å². The molecule has 2 aromatic rings. The smallest absolute Gasteiger partial charge is 0.358 e. The summed E-state index contributed by atoms with van der Waals surface area (Å²) in [7, 11) is 0. The molecular weight excluding hydrogens is 364 g/mol. The predicted octanol–water partition coefficient (Wildman–Crippen LogP) is 1.88. The number of hydrogen-bond acceptors (Lipinski definition) is 4. The number of hydrogen-bond donors (Lipinski definition) is 2. The second-order valence-electron chi connectivity index (χ2n) is 5.24. The van der Waals surface area contributed by atoms with Gasteiger partial charge in [0.1, 0.15) is 6.54 Å². The Morgan fingerprint density at radius 2 is 2.04 bits per heavy atom. The molecule has 7 nitrogen and oxygen atoms in total. The van der Waals surface area contributed by atoms with Crippen LogP contribution in [-0.2, 0) is 17.8 Å². The van der Waals surface area contributed by atoms with Crippen LogP contribution in [0.2, 0.25) is 0 Å². The Morgan fingerprint density at radius 3 is 2.65 bits per heavy atom. The molecule has 1 aromatic carbocycles. The van der Waals surface area contributed by atoms with Crippen LogP contribution in [0.5, 0.6) is 0 Å². The molecule has 0 spiro atoms. The summed E-state index contributed by atoms with van der Waals surface area (Å²) in [5, 5.41) is 18.7. The molecule has 0 radical (unpaired) electrons. The number of benzene rings is 1. The lowest BCUT2D eigenvalue weighted by Gasteiger charge is -2.13. The van der Waals surface area contributed by atoms with Crippen LogP contribution in [0.4, 0.5) is 0 Å². The van der Waals surface area contributed by atoms with E-state index in [4.69, 9.17) is 5.11 Å². The summed E-state index contributed by atoms with van der Waals surface area (Å²) in [5.41, 5.74) is 1.03. The SMILES string of the molecule is CC(CCc1ccc(Br)cc1)NC(=O)Cn1cc(C(=O)O)nn1. The molecule has 0 aliphatic rings. The molecule has 0 fully saturated rings. The van der Waals surface area contributed by atoms with Crippen LogP contribution in [0.15, 0.2) is 34.9 Å². The summed E-state index contributed by atoms with van der Waals surface area (Å²) >= 11 is 3.39. The van der Waals surface area contributed by atoms with Crippen molar-refractivity contribution in [2.75, 3.05) is 0 Å². The number of aryl methyl sites for hydroxylation is 1. The maximum atomic E-state index is 11.9. The summed E-state index contributed by atoms with van der Waals surface area (Å²) in [6.07, 6.45) is 2.90. The molecule has 0 saturated heterocycles. The second kappa shape index (κ2) is 7.87. The summed E-state index contributed by atoms with van der Waals surface area (Å²) in [6.45, 7) is 1.88. The van der Waals surface area contributed by atoms with E-state index in [-0.39, 0.29) is 24.2 Å². The maximum Gasteiger partial charge on any atom is 0.358 e. The highest BCUT2D eigenvalue weighted by atomic mass is 79.9. The third-order valence-corrected chi connectivity index (χ3v) is 3.78. The number of carboxylic acid groups (broad SMARTS) is 1. The van der Waals surface area contributed by atoms with Gasteiger partial charge in [-0.3, -0.25) is 4.79 Å². The summed E-state index contributed by atoms with van der Waals surface area (Å²) in [5.74, 6) is -1.39.